The molecule has 0 amide bonds. The van der Waals surface area contributed by atoms with Gasteiger partial charge in [0, 0.05) is 6.54 Å². The molecule has 1 aromatic heterocycles. The van der Waals surface area contributed by atoms with Gasteiger partial charge in [0.25, 0.3) is 0 Å². The van der Waals surface area contributed by atoms with Crippen molar-refractivity contribution in [3.8, 4) is 11.4 Å². The van der Waals surface area contributed by atoms with Gasteiger partial charge in [-0.15, -0.1) is 0 Å². The largest absolute Gasteiger partial charge is 0.324 e. The monoisotopic (exact) mass is 282 g/mol. The summed E-state index contributed by atoms with van der Waals surface area (Å²) in [6.45, 7) is 5.23. The first kappa shape index (κ1) is 13.8. The minimum absolute atomic E-state index is 0.224. The van der Waals surface area contributed by atoms with Crippen molar-refractivity contribution in [1.82, 2.24) is 9.55 Å². The van der Waals surface area contributed by atoms with Crippen LogP contribution in [0.2, 0.25) is 0 Å². The van der Waals surface area contributed by atoms with Crippen molar-refractivity contribution in [2.45, 2.75) is 26.8 Å². The van der Waals surface area contributed by atoms with E-state index in [1.807, 2.05) is 24.3 Å². The number of halogens is 1. The van der Waals surface area contributed by atoms with Crippen molar-refractivity contribution in [2.24, 2.45) is 5.92 Å². The molecule has 1 atom stereocenters. The molecule has 0 aliphatic carbocycles. The molecule has 0 N–H and O–H groups in total. The quantitative estimate of drug-likeness (QED) is 0.666. The molecule has 0 radical (unpaired) electrons. The fourth-order valence-corrected chi connectivity index (χ4v) is 2.55. The second-order valence-corrected chi connectivity index (χ2v) is 5.53. The van der Waals surface area contributed by atoms with Gasteiger partial charge in [0.15, 0.2) is 0 Å². The first-order valence-electron chi connectivity index (χ1n) is 7.41. The molecule has 0 aliphatic heterocycles. The molecule has 0 bridgehead atoms. The van der Waals surface area contributed by atoms with E-state index in [-0.39, 0.29) is 5.82 Å². The van der Waals surface area contributed by atoms with E-state index in [0.29, 0.717) is 11.5 Å². The summed E-state index contributed by atoms with van der Waals surface area (Å²) in [4.78, 5) is 4.65. The minimum atomic E-state index is -0.224. The molecular weight excluding hydrogens is 263 g/mol. The summed E-state index contributed by atoms with van der Waals surface area (Å²) in [6.07, 6.45) is 1.09. The van der Waals surface area contributed by atoms with Gasteiger partial charge >= 0.3 is 0 Å². The third kappa shape index (κ3) is 2.56. The lowest BCUT2D eigenvalue weighted by Crippen LogP contribution is -2.08. The van der Waals surface area contributed by atoms with E-state index in [1.165, 1.54) is 6.07 Å². The second kappa shape index (κ2) is 5.68. The fourth-order valence-electron chi connectivity index (χ4n) is 2.55. The summed E-state index contributed by atoms with van der Waals surface area (Å²) >= 11 is 0. The van der Waals surface area contributed by atoms with Gasteiger partial charge in [0.1, 0.15) is 11.6 Å². The zero-order valence-corrected chi connectivity index (χ0v) is 12.4. The Hall–Kier alpha value is -2.16. The summed E-state index contributed by atoms with van der Waals surface area (Å²) in [5.41, 5.74) is 2.55. The Kier molecular flexibility index (Phi) is 3.74. The number of aromatic nitrogens is 2. The summed E-state index contributed by atoms with van der Waals surface area (Å²) in [5.74, 6) is 1.01. The third-order valence-corrected chi connectivity index (χ3v) is 3.96. The van der Waals surface area contributed by atoms with E-state index >= 15 is 0 Å². The predicted molar refractivity (Wildman–Crippen MR) is 84.6 cm³/mol. The second-order valence-electron chi connectivity index (χ2n) is 5.53. The average Bonchev–Trinajstić information content (AvgIpc) is 2.86. The van der Waals surface area contributed by atoms with Gasteiger partial charge < -0.3 is 4.57 Å². The summed E-state index contributed by atoms with van der Waals surface area (Å²) < 4.78 is 16.3. The SMILES string of the molecule is CCC(C)Cn1c(-c2ccccc2F)nc2ccccc21. The van der Waals surface area contributed by atoms with E-state index in [0.717, 1.165) is 29.8 Å². The number of benzene rings is 2. The summed E-state index contributed by atoms with van der Waals surface area (Å²) in [7, 11) is 0. The number of para-hydroxylation sites is 2. The Morgan fingerprint density at radius 1 is 1.10 bits per heavy atom. The number of hydrogen-bond acceptors (Lipinski definition) is 1. The molecule has 0 saturated carbocycles. The highest BCUT2D eigenvalue weighted by Gasteiger charge is 2.16. The molecule has 0 saturated heterocycles. The van der Waals surface area contributed by atoms with Crippen LogP contribution in [-0.2, 0) is 6.54 Å². The molecule has 1 heterocycles. The highest BCUT2D eigenvalue weighted by molar-refractivity contribution is 5.80. The first-order valence-corrected chi connectivity index (χ1v) is 7.41. The van der Waals surface area contributed by atoms with Gasteiger partial charge in [-0.2, -0.15) is 0 Å². The minimum Gasteiger partial charge on any atom is -0.324 e. The first-order chi connectivity index (χ1) is 10.2. The van der Waals surface area contributed by atoms with Crippen LogP contribution in [0.3, 0.4) is 0 Å². The molecule has 0 aliphatic rings. The Morgan fingerprint density at radius 3 is 2.57 bits per heavy atom. The highest BCUT2D eigenvalue weighted by atomic mass is 19.1. The number of hydrogen-bond donors (Lipinski definition) is 0. The number of imidazole rings is 1. The van der Waals surface area contributed by atoms with Gasteiger partial charge in [-0.05, 0) is 30.2 Å². The Balaban J connectivity index is 2.21. The van der Waals surface area contributed by atoms with Crippen LogP contribution in [0.15, 0.2) is 48.5 Å². The average molecular weight is 282 g/mol. The molecule has 3 heteroatoms. The van der Waals surface area contributed by atoms with Crippen LogP contribution >= 0.6 is 0 Å². The zero-order valence-electron chi connectivity index (χ0n) is 12.4. The molecule has 3 rings (SSSR count). The van der Waals surface area contributed by atoms with Crippen LogP contribution in [0.1, 0.15) is 20.3 Å². The normalized spacial score (nSPS) is 12.7. The van der Waals surface area contributed by atoms with Crippen molar-refractivity contribution in [2.75, 3.05) is 0 Å². The zero-order chi connectivity index (χ0) is 14.8. The Labute approximate surface area is 124 Å². The predicted octanol–water partition coefficient (Wildman–Crippen LogP) is 4.89. The van der Waals surface area contributed by atoms with E-state index < -0.39 is 0 Å². The standard InChI is InChI=1S/C18H19FN2/c1-3-13(2)12-21-17-11-7-6-10-16(17)20-18(21)14-8-4-5-9-15(14)19/h4-11,13H,3,12H2,1-2H3. The van der Waals surface area contributed by atoms with E-state index in [2.05, 4.69) is 29.5 Å². The van der Waals surface area contributed by atoms with Crippen LogP contribution in [0.5, 0.6) is 0 Å². The smallest absolute Gasteiger partial charge is 0.144 e. The van der Waals surface area contributed by atoms with E-state index in [9.17, 15) is 4.39 Å². The number of rotatable bonds is 4. The van der Waals surface area contributed by atoms with Gasteiger partial charge in [-0.25, -0.2) is 9.37 Å². The number of fused-ring (bicyclic) bond motifs is 1. The van der Waals surface area contributed by atoms with Gasteiger partial charge in [0.05, 0.1) is 16.6 Å². The van der Waals surface area contributed by atoms with Gasteiger partial charge in [-0.1, -0.05) is 44.5 Å². The maximum atomic E-state index is 14.1. The van der Waals surface area contributed by atoms with E-state index in [1.54, 1.807) is 12.1 Å². The molecule has 2 aromatic carbocycles. The van der Waals surface area contributed by atoms with Crippen LogP contribution in [-0.4, -0.2) is 9.55 Å². The number of nitrogens with zero attached hydrogens (tertiary/aromatic N) is 2. The Bertz CT molecular complexity index is 761. The summed E-state index contributed by atoms with van der Waals surface area (Å²) in [5, 5.41) is 0. The van der Waals surface area contributed by atoms with E-state index in [4.69, 9.17) is 0 Å². The Morgan fingerprint density at radius 2 is 1.81 bits per heavy atom. The third-order valence-electron chi connectivity index (χ3n) is 3.96. The maximum absolute atomic E-state index is 14.1. The fraction of sp³-hybridized carbons (Fsp3) is 0.278. The van der Waals surface area contributed by atoms with Crippen molar-refractivity contribution >= 4 is 11.0 Å². The van der Waals surface area contributed by atoms with Gasteiger partial charge in [-0.3, -0.25) is 0 Å². The van der Waals surface area contributed by atoms with Crippen LogP contribution in [0.4, 0.5) is 4.39 Å². The molecule has 1 unspecified atom stereocenters. The molecule has 2 nitrogen and oxygen atoms in total. The molecule has 108 valence electrons. The van der Waals surface area contributed by atoms with Crippen molar-refractivity contribution in [3.05, 3.63) is 54.3 Å². The molecular formula is C18H19FN2. The maximum Gasteiger partial charge on any atom is 0.144 e. The molecule has 3 aromatic rings. The van der Waals surface area contributed by atoms with Crippen LogP contribution in [0, 0.1) is 11.7 Å². The van der Waals surface area contributed by atoms with Crippen molar-refractivity contribution in [3.63, 3.8) is 0 Å². The highest BCUT2D eigenvalue weighted by Crippen LogP contribution is 2.27. The summed E-state index contributed by atoms with van der Waals surface area (Å²) in [6, 6.07) is 14.8. The lowest BCUT2D eigenvalue weighted by atomic mass is 10.1. The van der Waals surface area contributed by atoms with Gasteiger partial charge in [0.2, 0.25) is 0 Å². The lowest BCUT2D eigenvalue weighted by Gasteiger charge is -2.14. The van der Waals surface area contributed by atoms with Crippen molar-refractivity contribution < 1.29 is 4.39 Å². The molecule has 0 spiro atoms. The topological polar surface area (TPSA) is 17.8 Å². The molecule has 0 fully saturated rings. The van der Waals surface area contributed by atoms with Crippen LogP contribution in [0.25, 0.3) is 22.4 Å². The van der Waals surface area contributed by atoms with Crippen molar-refractivity contribution in [1.29, 1.82) is 0 Å². The van der Waals surface area contributed by atoms with Crippen LogP contribution < -0.4 is 0 Å². The lowest BCUT2D eigenvalue weighted by molar-refractivity contribution is 0.478. The molecule has 21 heavy (non-hydrogen) atoms.